The minimum absolute atomic E-state index is 0.0543. The molecule has 0 radical (unpaired) electrons. The molecule has 0 aliphatic rings. The molecule has 0 fully saturated rings. The van der Waals surface area contributed by atoms with E-state index in [1.165, 1.54) is 0 Å². The van der Waals surface area contributed by atoms with Gasteiger partial charge in [0, 0.05) is 19.4 Å². The smallest absolute Gasteiger partial charge is 0.252 e. The summed E-state index contributed by atoms with van der Waals surface area (Å²) in [6.07, 6.45) is 0. The maximum Gasteiger partial charge on any atom is 0.252 e. The van der Waals surface area contributed by atoms with Crippen LogP contribution >= 0.6 is 0 Å². The molecule has 0 spiro atoms. The molecule has 0 aromatic heterocycles. The zero-order chi connectivity index (χ0) is 9.90. The average molecular weight is 175 g/mol. The third-order valence-corrected chi connectivity index (χ3v) is 2.12. The van der Waals surface area contributed by atoms with Gasteiger partial charge in [-0.15, -0.1) is 0 Å². The van der Waals surface area contributed by atoms with E-state index in [4.69, 9.17) is 11.7 Å². The molecule has 0 atom stereocenters. The van der Waals surface area contributed by atoms with Crippen LogP contribution < -0.4 is 0 Å². The van der Waals surface area contributed by atoms with Crippen LogP contribution in [0.1, 0.15) is 25.0 Å². The Labute approximate surface area is 78.7 Å². The van der Waals surface area contributed by atoms with Crippen molar-refractivity contribution in [2.75, 3.05) is 0 Å². The van der Waals surface area contributed by atoms with Crippen molar-refractivity contribution < 1.29 is 5.11 Å². The molecule has 2 nitrogen and oxygen atoms in total. The number of hydrogen-bond acceptors (Lipinski definition) is 1. The normalized spacial score (nSPS) is 10.9. The van der Waals surface area contributed by atoms with Crippen LogP contribution in [0.4, 0.5) is 0 Å². The van der Waals surface area contributed by atoms with Gasteiger partial charge < -0.3 is 9.95 Å². The van der Waals surface area contributed by atoms with E-state index >= 15 is 0 Å². The summed E-state index contributed by atoms with van der Waals surface area (Å²) in [6.45, 7) is 10.8. The topological polar surface area (TPSA) is 24.6 Å². The summed E-state index contributed by atoms with van der Waals surface area (Å²) in [5.41, 5.74) is 1.40. The van der Waals surface area contributed by atoms with E-state index < -0.39 is 5.54 Å². The largest absolute Gasteiger partial charge is 0.392 e. The molecule has 1 rings (SSSR count). The van der Waals surface area contributed by atoms with Gasteiger partial charge in [-0.05, 0) is 5.56 Å². The Hall–Kier alpha value is -1.33. The summed E-state index contributed by atoms with van der Waals surface area (Å²) >= 11 is 0. The Morgan fingerprint density at radius 3 is 2.23 bits per heavy atom. The van der Waals surface area contributed by atoms with Gasteiger partial charge >= 0.3 is 0 Å². The van der Waals surface area contributed by atoms with E-state index in [0.29, 0.717) is 0 Å². The Morgan fingerprint density at radius 2 is 1.85 bits per heavy atom. The van der Waals surface area contributed by atoms with Crippen LogP contribution in [0.3, 0.4) is 0 Å². The summed E-state index contributed by atoms with van der Waals surface area (Å²) < 4.78 is 0. The van der Waals surface area contributed by atoms with E-state index in [-0.39, 0.29) is 6.61 Å². The molecule has 0 saturated heterocycles. The van der Waals surface area contributed by atoms with E-state index in [0.717, 1.165) is 11.1 Å². The fourth-order valence-corrected chi connectivity index (χ4v) is 1.08. The molecular weight excluding hydrogens is 162 g/mol. The van der Waals surface area contributed by atoms with Crippen molar-refractivity contribution in [3.8, 4) is 0 Å². The molecule has 1 aromatic carbocycles. The van der Waals surface area contributed by atoms with Gasteiger partial charge in [0.05, 0.1) is 6.61 Å². The highest BCUT2D eigenvalue weighted by atomic mass is 16.3. The molecular formula is C11H13NO. The highest BCUT2D eigenvalue weighted by Crippen LogP contribution is 2.24. The molecule has 13 heavy (non-hydrogen) atoms. The van der Waals surface area contributed by atoms with Gasteiger partial charge in [-0.1, -0.05) is 24.3 Å². The van der Waals surface area contributed by atoms with Crippen LogP contribution in [0.5, 0.6) is 0 Å². The molecule has 0 unspecified atom stereocenters. The molecule has 0 aliphatic carbocycles. The van der Waals surface area contributed by atoms with Crippen molar-refractivity contribution in [2.45, 2.75) is 26.0 Å². The van der Waals surface area contributed by atoms with Crippen molar-refractivity contribution in [1.82, 2.24) is 0 Å². The first kappa shape index (κ1) is 9.76. The van der Waals surface area contributed by atoms with Gasteiger partial charge in [0.1, 0.15) is 0 Å². The van der Waals surface area contributed by atoms with Gasteiger partial charge in [0.2, 0.25) is 0 Å². The number of nitrogens with zero attached hydrogens (tertiary/aromatic N) is 1. The second-order valence-corrected chi connectivity index (χ2v) is 3.53. The zero-order valence-electron chi connectivity index (χ0n) is 7.91. The lowest BCUT2D eigenvalue weighted by atomic mass is 9.95. The molecule has 2 heteroatoms. The molecule has 68 valence electrons. The fourth-order valence-electron chi connectivity index (χ4n) is 1.08. The Kier molecular flexibility index (Phi) is 2.69. The van der Waals surface area contributed by atoms with Crippen LogP contribution in [0.2, 0.25) is 0 Å². The molecule has 0 aliphatic heterocycles. The van der Waals surface area contributed by atoms with Gasteiger partial charge in [-0.3, -0.25) is 0 Å². The molecule has 1 N–H and O–H groups in total. The minimum Gasteiger partial charge on any atom is -0.392 e. The monoisotopic (exact) mass is 175 g/mol. The summed E-state index contributed by atoms with van der Waals surface area (Å²) in [7, 11) is 0. The van der Waals surface area contributed by atoms with Crippen LogP contribution in [0.15, 0.2) is 24.3 Å². The van der Waals surface area contributed by atoms with Gasteiger partial charge in [-0.25, -0.2) is 6.57 Å². The van der Waals surface area contributed by atoms with Crippen LogP contribution in [0, 0.1) is 6.57 Å². The quantitative estimate of drug-likeness (QED) is 0.685. The SMILES string of the molecule is [C-]#[N+]C(C)(C)c1ccc(CO)cc1. The lowest BCUT2D eigenvalue weighted by Gasteiger charge is -2.11. The number of benzene rings is 1. The van der Waals surface area contributed by atoms with Crippen molar-refractivity contribution in [3.05, 3.63) is 46.8 Å². The summed E-state index contributed by atoms with van der Waals surface area (Å²) in [6, 6.07) is 7.48. The Bertz CT molecular complexity index is 319. The first-order valence-corrected chi connectivity index (χ1v) is 4.19. The number of hydrogen-bond donors (Lipinski definition) is 1. The first-order valence-electron chi connectivity index (χ1n) is 4.19. The Morgan fingerprint density at radius 1 is 1.31 bits per heavy atom. The summed E-state index contributed by atoms with van der Waals surface area (Å²) in [5, 5.41) is 8.83. The zero-order valence-corrected chi connectivity index (χ0v) is 7.91. The average Bonchev–Trinajstić information content (AvgIpc) is 2.18. The second-order valence-electron chi connectivity index (χ2n) is 3.53. The van der Waals surface area contributed by atoms with E-state index in [1.54, 1.807) is 0 Å². The lowest BCUT2D eigenvalue weighted by molar-refractivity contribution is 0.282. The van der Waals surface area contributed by atoms with Gasteiger partial charge in [0.15, 0.2) is 0 Å². The van der Waals surface area contributed by atoms with E-state index in [1.807, 2.05) is 38.1 Å². The lowest BCUT2D eigenvalue weighted by Crippen LogP contribution is -2.10. The number of aliphatic hydroxyl groups excluding tert-OH is 1. The van der Waals surface area contributed by atoms with Crippen molar-refractivity contribution in [2.24, 2.45) is 0 Å². The molecule has 0 bridgehead atoms. The molecule has 0 amide bonds. The van der Waals surface area contributed by atoms with Crippen molar-refractivity contribution in [3.63, 3.8) is 0 Å². The predicted molar refractivity (Wildman–Crippen MR) is 52.0 cm³/mol. The number of aliphatic hydroxyl groups is 1. The highest BCUT2D eigenvalue weighted by molar-refractivity contribution is 5.29. The predicted octanol–water partition coefficient (Wildman–Crippen LogP) is 2.33. The molecule has 1 aromatic rings. The van der Waals surface area contributed by atoms with Crippen LogP contribution in [0.25, 0.3) is 4.85 Å². The maximum absolute atomic E-state index is 8.83. The minimum atomic E-state index is -0.464. The molecule has 0 heterocycles. The van der Waals surface area contributed by atoms with Gasteiger partial charge in [-0.2, -0.15) is 0 Å². The highest BCUT2D eigenvalue weighted by Gasteiger charge is 2.25. The first-order chi connectivity index (χ1) is 6.10. The Balaban J connectivity index is 3.00. The fraction of sp³-hybridized carbons (Fsp3) is 0.364. The third-order valence-electron chi connectivity index (χ3n) is 2.12. The summed E-state index contributed by atoms with van der Waals surface area (Å²) in [4.78, 5) is 3.53. The van der Waals surface area contributed by atoms with Crippen molar-refractivity contribution in [1.29, 1.82) is 0 Å². The molecule has 0 saturated carbocycles. The standard InChI is InChI=1S/C11H13NO/c1-11(2,12-3)10-6-4-9(8-13)5-7-10/h4-7,13H,8H2,1-2H3. The van der Waals surface area contributed by atoms with E-state index in [2.05, 4.69) is 4.85 Å². The number of rotatable bonds is 2. The summed E-state index contributed by atoms with van der Waals surface area (Å²) in [5.74, 6) is 0. The maximum atomic E-state index is 8.83. The van der Waals surface area contributed by atoms with Crippen LogP contribution in [-0.2, 0) is 12.1 Å². The van der Waals surface area contributed by atoms with Crippen LogP contribution in [-0.4, -0.2) is 5.11 Å². The third kappa shape index (κ3) is 2.07. The van der Waals surface area contributed by atoms with Gasteiger partial charge in [0.25, 0.3) is 5.54 Å². The van der Waals surface area contributed by atoms with Crippen molar-refractivity contribution >= 4 is 0 Å². The van der Waals surface area contributed by atoms with E-state index in [9.17, 15) is 0 Å². The second kappa shape index (κ2) is 3.59.